The quantitative estimate of drug-likeness (QED) is 0.785. The third-order valence-electron chi connectivity index (χ3n) is 3.05. The van der Waals surface area contributed by atoms with Gasteiger partial charge in [-0.05, 0) is 42.0 Å². The molecule has 0 atom stereocenters. The summed E-state index contributed by atoms with van der Waals surface area (Å²) in [6.07, 6.45) is -0.437. The summed E-state index contributed by atoms with van der Waals surface area (Å²) >= 11 is 0. The Labute approximate surface area is 130 Å². The first kappa shape index (κ1) is 16.2. The van der Waals surface area contributed by atoms with Crippen molar-refractivity contribution in [3.63, 3.8) is 0 Å². The molecule has 0 heterocycles. The fourth-order valence-electron chi connectivity index (χ4n) is 1.97. The minimum Gasteiger partial charge on any atom is -0.481 e. The van der Waals surface area contributed by atoms with Crippen LogP contribution in [0.2, 0.25) is 0 Å². The van der Waals surface area contributed by atoms with Crippen LogP contribution in [0.5, 0.6) is 0 Å². The molecule has 2 rings (SSSR count). The van der Waals surface area contributed by atoms with Crippen LogP contribution in [0.25, 0.3) is 0 Å². The van der Waals surface area contributed by atoms with Crippen molar-refractivity contribution in [2.45, 2.75) is 6.42 Å². The van der Waals surface area contributed by atoms with Crippen LogP contribution in [-0.4, -0.2) is 28.1 Å². The van der Waals surface area contributed by atoms with Crippen LogP contribution in [0.1, 0.15) is 26.3 Å². The fourth-order valence-corrected chi connectivity index (χ4v) is 1.97. The van der Waals surface area contributed by atoms with Gasteiger partial charge in [0.25, 0.3) is 5.91 Å². The van der Waals surface area contributed by atoms with Gasteiger partial charge in [0, 0.05) is 11.3 Å². The van der Waals surface area contributed by atoms with Gasteiger partial charge in [-0.25, -0.2) is 9.18 Å². The molecule has 0 spiro atoms. The summed E-state index contributed by atoms with van der Waals surface area (Å²) < 4.78 is 12.8. The molecule has 0 aliphatic carbocycles. The topological polar surface area (TPSA) is 104 Å². The molecule has 6 nitrogen and oxygen atoms in total. The van der Waals surface area contributed by atoms with E-state index in [0.29, 0.717) is 0 Å². The van der Waals surface area contributed by atoms with Crippen molar-refractivity contribution in [3.8, 4) is 0 Å². The van der Waals surface area contributed by atoms with Gasteiger partial charge < -0.3 is 15.5 Å². The van der Waals surface area contributed by atoms with Gasteiger partial charge in [0.15, 0.2) is 0 Å². The van der Waals surface area contributed by atoms with Crippen molar-refractivity contribution in [1.82, 2.24) is 0 Å². The van der Waals surface area contributed by atoms with Crippen LogP contribution >= 0.6 is 0 Å². The van der Waals surface area contributed by atoms with E-state index >= 15 is 0 Å². The number of aromatic carboxylic acids is 1. The second-order valence-corrected chi connectivity index (χ2v) is 4.71. The van der Waals surface area contributed by atoms with Crippen LogP contribution in [0.4, 0.5) is 10.1 Å². The summed E-state index contributed by atoms with van der Waals surface area (Å²) in [5, 5.41) is 20.4. The molecular weight excluding hydrogens is 305 g/mol. The Morgan fingerprint density at radius 1 is 1.00 bits per heavy atom. The number of hydrogen-bond acceptors (Lipinski definition) is 3. The van der Waals surface area contributed by atoms with Gasteiger partial charge in [-0.2, -0.15) is 0 Å². The maximum Gasteiger partial charge on any atom is 0.336 e. The molecule has 7 heteroatoms. The van der Waals surface area contributed by atoms with Crippen LogP contribution in [0.3, 0.4) is 0 Å². The molecule has 23 heavy (non-hydrogen) atoms. The molecule has 2 aromatic carbocycles. The van der Waals surface area contributed by atoms with Crippen LogP contribution in [0.15, 0.2) is 42.5 Å². The summed E-state index contributed by atoms with van der Waals surface area (Å²) in [4.78, 5) is 33.9. The van der Waals surface area contributed by atoms with Crippen LogP contribution < -0.4 is 5.32 Å². The zero-order valence-electron chi connectivity index (χ0n) is 11.7. The number of anilines is 1. The van der Waals surface area contributed by atoms with Gasteiger partial charge in [-0.3, -0.25) is 9.59 Å². The highest BCUT2D eigenvalue weighted by Gasteiger charge is 2.15. The molecule has 0 fully saturated rings. The Kier molecular flexibility index (Phi) is 4.70. The number of benzene rings is 2. The van der Waals surface area contributed by atoms with Crippen molar-refractivity contribution in [3.05, 3.63) is 65.0 Å². The number of carboxylic acids is 2. The Hall–Kier alpha value is -3.22. The summed E-state index contributed by atoms with van der Waals surface area (Å²) in [7, 11) is 0. The molecule has 0 bridgehead atoms. The Bertz CT molecular complexity index is 771. The SMILES string of the molecule is O=C(O)Cc1ccc(NC(=O)c2ccc(F)cc2)cc1C(=O)O. The molecule has 0 radical (unpaired) electrons. The molecular formula is C16H12FNO5. The lowest BCUT2D eigenvalue weighted by Crippen LogP contribution is -2.14. The first-order chi connectivity index (χ1) is 10.9. The number of aliphatic carboxylic acids is 1. The molecule has 0 aliphatic heterocycles. The molecule has 0 saturated heterocycles. The van der Waals surface area contributed by atoms with Crippen molar-refractivity contribution in [1.29, 1.82) is 0 Å². The normalized spacial score (nSPS) is 10.1. The number of amides is 1. The molecule has 0 aliphatic rings. The Balaban J connectivity index is 2.24. The van der Waals surface area contributed by atoms with E-state index in [1.54, 1.807) is 0 Å². The Morgan fingerprint density at radius 2 is 1.65 bits per heavy atom. The highest BCUT2D eigenvalue weighted by molar-refractivity contribution is 6.05. The summed E-state index contributed by atoms with van der Waals surface area (Å²) in [6, 6.07) is 8.77. The third-order valence-corrected chi connectivity index (χ3v) is 3.05. The third kappa shape index (κ3) is 4.13. The van der Waals surface area contributed by atoms with Gasteiger partial charge >= 0.3 is 11.9 Å². The lowest BCUT2D eigenvalue weighted by atomic mass is 10.0. The maximum absolute atomic E-state index is 12.8. The Morgan fingerprint density at radius 3 is 2.22 bits per heavy atom. The fraction of sp³-hybridized carbons (Fsp3) is 0.0625. The number of halogens is 1. The minimum atomic E-state index is -1.29. The van der Waals surface area contributed by atoms with E-state index in [1.165, 1.54) is 30.3 Å². The van der Waals surface area contributed by atoms with Crippen molar-refractivity contribution < 1.29 is 29.0 Å². The van der Waals surface area contributed by atoms with Gasteiger partial charge in [-0.1, -0.05) is 6.07 Å². The molecule has 118 valence electrons. The van der Waals surface area contributed by atoms with Crippen LogP contribution in [-0.2, 0) is 11.2 Å². The van der Waals surface area contributed by atoms with E-state index in [0.717, 1.165) is 12.1 Å². The number of hydrogen-bond donors (Lipinski definition) is 3. The number of rotatable bonds is 5. The molecule has 0 aromatic heterocycles. The highest BCUT2D eigenvalue weighted by atomic mass is 19.1. The number of carbonyl (C=O) groups excluding carboxylic acids is 1. The highest BCUT2D eigenvalue weighted by Crippen LogP contribution is 2.18. The van der Waals surface area contributed by atoms with E-state index in [4.69, 9.17) is 10.2 Å². The number of carboxylic acid groups (broad SMARTS) is 2. The van der Waals surface area contributed by atoms with Gasteiger partial charge in [-0.15, -0.1) is 0 Å². The average molecular weight is 317 g/mol. The van der Waals surface area contributed by atoms with Crippen molar-refractivity contribution in [2.75, 3.05) is 5.32 Å². The first-order valence-electron chi connectivity index (χ1n) is 6.52. The average Bonchev–Trinajstić information content (AvgIpc) is 2.48. The van der Waals surface area contributed by atoms with E-state index in [1.807, 2.05) is 0 Å². The molecule has 3 N–H and O–H groups in total. The van der Waals surface area contributed by atoms with Gasteiger partial charge in [0.05, 0.1) is 12.0 Å². The number of carbonyl (C=O) groups is 3. The zero-order chi connectivity index (χ0) is 17.0. The number of nitrogens with one attached hydrogen (secondary N) is 1. The second kappa shape index (κ2) is 6.69. The predicted octanol–water partition coefficient (Wildman–Crippen LogP) is 2.40. The van der Waals surface area contributed by atoms with E-state index in [2.05, 4.69) is 5.32 Å². The molecule has 0 unspecified atom stereocenters. The van der Waals surface area contributed by atoms with Crippen molar-refractivity contribution in [2.24, 2.45) is 0 Å². The minimum absolute atomic E-state index is 0.129. The lowest BCUT2D eigenvalue weighted by molar-refractivity contribution is -0.136. The standard InChI is InChI=1S/C16H12FNO5/c17-11-4-1-9(2-5-11)15(21)18-12-6-3-10(7-14(19)20)13(8-12)16(22)23/h1-6,8H,7H2,(H,18,21)(H,19,20)(H,22,23). The smallest absolute Gasteiger partial charge is 0.336 e. The van der Waals surface area contributed by atoms with Crippen LogP contribution in [0, 0.1) is 5.82 Å². The van der Waals surface area contributed by atoms with Gasteiger partial charge in [0.1, 0.15) is 5.82 Å². The molecule has 2 aromatic rings. The molecule has 0 saturated carbocycles. The predicted molar refractivity (Wildman–Crippen MR) is 79.1 cm³/mol. The lowest BCUT2D eigenvalue weighted by Gasteiger charge is -2.09. The van der Waals surface area contributed by atoms with Gasteiger partial charge in [0.2, 0.25) is 0 Å². The second-order valence-electron chi connectivity index (χ2n) is 4.71. The van der Waals surface area contributed by atoms with E-state index < -0.39 is 30.1 Å². The van der Waals surface area contributed by atoms with E-state index in [9.17, 15) is 18.8 Å². The monoisotopic (exact) mass is 317 g/mol. The maximum atomic E-state index is 12.8. The zero-order valence-corrected chi connectivity index (χ0v) is 11.7. The van der Waals surface area contributed by atoms with E-state index in [-0.39, 0.29) is 22.4 Å². The largest absolute Gasteiger partial charge is 0.481 e. The summed E-state index contributed by atoms with van der Waals surface area (Å²) in [5.41, 5.74) is 0.331. The first-order valence-corrected chi connectivity index (χ1v) is 6.52. The molecule has 1 amide bonds. The summed E-state index contributed by atoms with van der Waals surface area (Å²) in [6.45, 7) is 0. The summed E-state index contributed by atoms with van der Waals surface area (Å²) in [5.74, 6) is -3.46. The van der Waals surface area contributed by atoms with Crippen molar-refractivity contribution >= 4 is 23.5 Å².